The van der Waals surface area contributed by atoms with Crippen LogP contribution in [-0.2, 0) is 0 Å². The number of hydrogen-bond acceptors (Lipinski definition) is 1. The lowest BCUT2D eigenvalue weighted by Crippen LogP contribution is -1.89. The molecule has 48 valence electrons. The highest BCUT2D eigenvalue weighted by atomic mass is 16.3. The van der Waals surface area contributed by atoms with E-state index >= 15 is 0 Å². The monoisotopic (exact) mass is 122 g/mol. The number of allylic oxidation sites excluding steroid dienone is 4. The van der Waals surface area contributed by atoms with Gasteiger partial charge in [0.25, 0.3) is 0 Å². The highest BCUT2D eigenvalue weighted by Crippen LogP contribution is 2.16. The topological polar surface area (TPSA) is 20.2 Å². The second kappa shape index (κ2) is 2.53. The Morgan fingerprint density at radius 3 is 2.89 bits per heavy atom. The summed E-state index contributed by atoms with van der Waals surface area (Å²) in [4.78, 5) is 0. The molecule has 0 spiro atoms. The summed E-state index contributed by atoms with van der Waals surface area (Å²) in [6.45, 7) is 3.58. The van der Waals surface area contributed by atoms with E-state index in [4.69, 9.17) is 5.11 Å². The summed E-state index contributed by atoms with van der Waals surface area (Å²) in [5, 5.41) is 9.09. The predicted octanol–water partition coefficient (Wildman–Crippen LogP) is 2.33. The van der Waals surface area contributed by atoms with Crippen LogP contribution in [0.15, 0.2) is 36.1 Å². The van der Waals surface area contributed by atoms with E-state index in [0.717, 1.165) is 18.4 Å². The van der Waals surface area contributed by atoms with Gasteiger partial charge < -0.3 is 5.11 Å². The maximum atomic E-state index is 9.09. The van der Waals surface area contributed by atoms with Crippen molar-refractivity contribution >= 4 is 0 Å². The molecule has 0 aromatic carbocycles. The lowest BCUT2D eigenvalue weighted by Gasteiger charge is -2.05. The SMILES string of the molecule is C=CC1=C(O)C=CCC1. The van der Waals surface area contributed by atoms with Gasteiger partial charge in [0.05, 0.1) is 0 Å². The second-order valence-electron chi connectivity index (χ2n) is 2.06. The first kappa shape index (κ1) is 6.14. The second-order valence-corrected chi connectivity index (χ2v) is 2.06. The van der Waals surface area contributed by atoms with Crippen LogP contribution in [0.3, 0.4) is 0 Å². The van der Waals surface area contributed by atoms with Gasteiger partial charge in [0.2, 0.25) is 0 Å². The van der Waals surface area contributed by atoms with Crippen LogP contribution in [0.25, 0.3) is 0 Å². The third-order valence-corrected chi connectivity index (χ3v) is 1.43. The third-order valence-electron chi connectivity index (χ3n) is 1.43. The van der Waals surface area contributed by atoms with Crippen LogP contribution < -0.4 is 0 Å². The van der Waals surface area contributed by atoms with E-state index in [1.54, 1.807) is 12.2 Å². The molecule has 0 saturated heterocycles. The van der Waals surface area contributed by atoms with Gasteiger partial charge in [-0.3, -0.25) is 0 Å². The normalized spacial score (nSPS) is 18.2. The summed E-state index contributed by atoms with van der Waals surface area (Å²) >= 11 is 0. The lowest BCUT2D eigenvalue weighted by molar-refractivity contribution is 0.422. The molecule has 9 heavy (non-hydrogen) atoms. The third kappa shape index (κ3) is 1.22. The highest BCUT2D eigenvalue weighted by molar-refractivity contribution is 5.30. The lowest BCUT2D eigenvalue weighted by atomic mass is 10.0. The Bertz CT molecular complexity index is 175. The first-order chi connectivity index (χ1) is 4.34. The molecule has 0 radical (unpaired) electrons. The average Bonchev–Trinajstić information content (AvgIpc) is 1.89. The Balaban J connectivity index is 2.84. The maximum Gasteiger partial charge on any atom is 0.118 e. The summed E-state index contributed by atoms with van der Waals surface area (Å²) in [5.74, 6) is 0.372. The molecule has 0 bridgehead atoms. The molecule has 0 atom stereocenters. The molecule has 0 aliphatic heterocycles. The molecule has 1 rings (SSSR count). The molecule has 0 unspecified atom stereocenters. The Hall–Kier alpha value is -0.980. The van der Waals surface area contributed by atoms with E-state index < -0.39 is 0 Å². The molecule has 0 fully saturated rings. The molecular weight excluding hydrogens is 112 g/mol. The summed E-state index contributed by atoms with van der Waals surface area (Å²) < 4.78 is 0. The first-order valence-electron chi connectivity index (χ1n) is 3.05. The Kier molecular flexibility index (Phi) is 1.73. The minimum atomic E-state index is 0.372. The molecule has 1 aliphatic rings. The summed E-state index contributed by atoms with van der Waals surface area (Å²) in [6, 6.07) is 0. The molecule has 1 heteroatoms. The van der Waals surface area contributed by atoms with Crippen molar-refractivity contribution in [3.8, 4) is 0 Å². The van der Waals surface area contributed by atoms with Crippen molar-refractivity contribution in [3.63, 3.8) is 0 Å². The van der Waals surface area contributed by atoms with Crippen molar-refractivity contribution in [2.24, 2.45) is 0 Å². The minimum Gasteiger partial charge on any atom is -0.508 e. The van der Waals surface area contributed by atoms with Crippen LogP contribution in [0, 0.1) is 0 Å². The van der Waals surface area contributed by atoms with E-state index in [0.29, 0.717) is 5.76 Å². The average molecular weight is 122 g/mol. The van der Waals surface area contributed by atoms with Crippen LogP contribution >= 0.6 is 0 Å². The van der Waals surface area contributed by atoms with Gasteiger partial charge in [0, 0.05) is 0 Å². The summed E-state index contributed by atoms with van der Waals surface area (Å²) in [7, 11) is 0. The molecule has 1 nitrogen and oxygen atoms in total. The number of rotatable bonds is 1. The predicted molar refractivity (Wildman–Crippen MR) is 38.2 cm³/mol. The van der Waals surface area contributed by atoms with Crippen molar-refractivity contribution in [2.75, 3.05) is 0 Å². The van der Waals surface area contributed by atoms with Crippen molar-refractivity contribution < 1.29 is 5.11 Å². The van der Waals surface area contributed by atoms with Gasteiger partial charge in [-0.1, -0.05) is 18.7 Å². The Morgan fingerprint density at radius 2 is 2.44 bits per heavy atom. The quantitative estimate of drug-likeness (QED) is 0.566. The highest BCUT2D eigenvalue weighted by Gasteiger charge is 2.01. The van der Waals surface area contributed by atoms with Crippen molar-refractivity contribution in [2.45, 2.75) is 12.8 Å². The van der Waals surface area contributed by atoms with Crippen LogP contribution in [-0.4, -0.2) is 5.11 Å². The fourth-order valence-electron chi connectivity index (χ4n) is 0.876. The van der Waals surface area contributed by atoms with E-state index in [2.05, 4.69) is 6.58 Å². The molecule has 0 amide bonds. The largest absolute Gasteiger partial charge is 0.508 e. The first-order valence-corrected chi connectivity index (χ1v) is 3.05. The van der Waals surface area contributed by atoms with Gasteiger partial charge >= 0.3 is 0 Å². The van der Waals surface area contributed by atoms with Crippen molar-refractivity contribution in [1.82, 2.24) is 0 Å². The zero-order valence-electron chi connectivity index (χ0n) is 5.30. The molecule has 1 N–H and O–H groups in total. The van der Waals surface area contributed by atoms with Gasteiger partial charge in [0.1, 0.15) is 5.76 Å². The van der Waals surface area contributed by atoms with Gasteiger partial charge in [0.15, 0.2) is 0 Å². The van der Waals surface area contributed by atoms with Crippen molar-refractivity contribution in [1.29, 1.82) is 0 Å². The zero-order valence-corrected chi connectivity index (χ0v) is 5.30. The molecule has 0 saturated carbocycles. The fraction of sp³-hybridized carbons (Fsp3) is 0.250. The van der Waals surface area contributed by atoms with Crippen LogP contribution in [0.1, 0.15) is 12.8 Å². The Morgan fingerprint density at radius 1 is 1.67 bits per heavy atom. The summed E-state index contributed by atoms with van der Waals surface area (Å²) in [6.07, 6.45) is 7.33. The number of hydrogen-bond donors (Lipinski definition) is 1. The van der Waals surface area contributed by atoms with E-state index in [9.17, 15) is 0 Å². The standard InChI is InChI=1S/C8H10O/c1-2-7-5-3-4-6-8(7)9/h2,4,6,9H,1,3,5H2. The number of aliphatic hydroxyl groups is 1. The summed E-state index contributed by atoms with van der Waals surface area (Å²) in [5.41, 5.74) is 0.956. The Labute approximate surface area is 55.0 Å². The van der Waals surface area contributed by atoms with Gasteiger partial charge in [-0.25, -0.2) is 0 Å². The molecule has 1 aliphatic carbocycles. The minimum absolute atomic E-state index is 0.372. The van der Waals surface area contributed by atoms with Gasteiger partial charge in [-0.05, 0) is 24.5 Å². The smallest absolute Gasteiger partial charge is 0.118 e. The van der Waals surface area contributed by atoms with Crippen LogP contribution in [0.2, 0.25) is 0 Å². The zero-order chi connectivity index (χ0) is 6.69. The van der Waals surface area contributed by atoms with Crippen molar-refractivity contribution in [3.05, 3.63) is 36.1 Å². The molecule has 0 aromatic heterocycles. The molecule has 0 heterocycles. The fourth-order valence-corrected chi connectivity index (χ4v) is 0.876. The number of aliphatic hydroxyl groups excluding tert-OH is 1. The van der Waals surface area contributed by atoms with E-state index in [1.807, 2.05) is 6.08 Å². The van der Waals surface area contributed by atoms with Gasteiger partial charge in [-0.15, -0.1) is 0 Å². The maximum absolute atomic E-state index is 9.09. The van der Waals surface area contributed by atoms with Crippen LogP contribution in [0.4, 0.5) is 0 Å². The van der Waals surface area contributed by atoms with E-state index in [1.165, 1.54) is 0 Å². The van der Waals surface area contributed by atoms with E-state index in [-0.39, 0.29) is 0 Å². The van der Waals surface area contributed by atoms with Gasteiger partial charge in [-0.2, -0.15) is 0 Å². The van der Waals surface area contributed by atoms with Crippen LogP contribution in [0.5, 0.6) is 0 Å². The molecular formula is C8H10O. The molecule has 0 aromatic rings.